The van der Waals surface area contributed by atoms with Crippen molar-refractivity contribution in [3.8, 4) is 0 Å². The highest BCUT2D eigenvalue weighted by atomic mass is 79.9. The Morgan fingerprint density at radius 3 is 2.38 bits per heavy atom. The quantitative estimate of drug-likeness (QED) is 0.447. The number of fused-ring (bicyclic) bond motifs is 1. The van der Waals surface area contributed by atoms with Gasteiger partial charge >= 0.3 is 0 Å². The van der Waals surface area contributed by atoms with Gasteiger partial charge in [-0.15, -0.1) is 0 Å². The minimum atomic E-state index is 0.522. The molecule has 0 aliphatic rings. The van der Waals surface area contributed by atoms with Crippen molar-refractivity contribution < 1.29 is 0 Å². The summed E-state index contributed by atoms with van der Waals surface area (Å²) in [5.41, 5.74) is 3.48. The van der Waals surface area contributed by atoms with E-state index in [4.69, 9.17) is 5.84 Å². The van der Waals surface area contributed by atoms with E-state index in [0.29, 0.717) is 16.1 Å². The lowest BCUT2D eigenvalue weighted by atomic mass is 10.1. The van der Waals surface area contributed by atoms with E-state index in [2.05, 4.69) is 64.7 Å². The van der Waals surface area contributed by atoms with Crippen LogP contribution in [0.5, 0.6) is 0 Å². The Morgan fingerprint density at radius 1 is 0.905 bits per heavy atom. The Kier molecular flexibility index (Phi) is 4.05. The Labute approximate surface area is 138 Å². The number of anilines is 3. The third kappa shape index (κ3) is 2.72. The number of halogens is 2. The van der Waals surface area contributed by atoms with E-state index in [-0.39, 0.29) is 0 Å². The predicted octanol–water partition coefficient (Wildman–Crippen LogP) is 4.18. The van der Waals surface area contributed by atoms with Crippen LogP contribution in [0.4, 0.5) is 17.3 Å². The second kappa shape index (κ2) is 5.97. The van der Waals surface area contributed by atoms with Crippen molar-refractivity contribution >= 4 is 60.0 Å². The second-order valence-electron chi connectivity index (χ2n) is 4.29. The average molecular weight is 409 g/mol. The molecule has 0 saturated carbocycles. The van der Waals surface area contributed by atoms with Gasteiger partial charge < -0.3 is 10.7 Å². The number of hydrogen-bond donors (Lipinski definition) is 3. The number of rotatable bonds is 3. The molecule has 0 atom stereocenters. The summed E-state index contributed by atoms with van der Waals surface area (Å²) >= 11 is 7.00. The number of nitrogens with zero attached hydrogens (tertiary/aromatic N) is 2. The second-order valence-corrected chi connectivity index (χ2v) is 5.94. The van der Waals surface area contributed by atoms with E-state index in [1.807, 2.05) is 24.3 Å². The van der Waals surface area contributed by atoms with Crippen LogP contribution in [0.15, 0.2) is 51.7 Å². The summed E-state index contributed by atoms with van der Waals surface area (Å²) in [4.78, 5) is 8.27. The molecule has 1 aromatic heterocycles. The van der Waals surface area contributed by atoms with Gasteiger partial charge in [-0.3, -0.25) is 0 Å². The van der Waals surface area contributed by atoms with Crippen LogP contribution < -0.4 is 16.6 Å². The molecule has 21 heavy (non-hydrogen) atoms. The van der Waals surface area contributed by atoms with Crippen LogP contribution in [-0.4, -0.2) is 9.97 Å². The number of nitrogens with one attached hydrogen (secondary N) is 2. The first-order valence-corrected chi connectivity index (χ1v) is 7.70. The highest BCUT2D eigenvalue weighted by Gasteiger charge is 2.10. The molecule has 2 aromatic carbocycles. The van der Waals surface area contributed by atoms with Gasteiger partial charge in [-0.2, -0.15) is 0 Å². The maximum atomic E-state index is 5.42. The minimum Gasteiger partial charge on any atom is -0.339 e. The average Bonchev–Trinajstić information content (AvgIpc) is 2.52. The summed E-state index contributed by atoms with van der Waals surface area (Å²) in [6.07, 6.45) is 1.45. The number of hydrogen-bond acceptors (Lipinski definition) is 5. The highest BCUT2D eigenvalue weighted by molar-refractivity contribution is 9.11. The zero-order chi connectivity index (χ0) is 14.8. The maximum absolute atomic E-state index is 5.42. The van der Waals surface area contributed by atoms with E-state index in [9.17, 15) is 0 Å². The van der Waals surface area contributed by atoms with Gasteiger partial charge in [0.05, 0.1) is 0 Å². The third-order valence-corrected chi connectivity index (χ3v) is 4.49. The lowest BCUT2D eigenvalue weighted by molar-refractivity contribution is 1.12. The van der Waals surface area contributed by atoms with Crippen LogP contribution in [-0.2, 0) is 0 Å². The number of aromatic nitrogens is 2. The van der Waals surface area contributed by atoms with E-state index >= 15 is 0 Å². The maximum Gasteiger partial charge on any atom is 0.159 e. The number of benzene rings is 2. The Hall–Kier alpha value is -1.70. The van der Waals surface area contributed by atoms with Crippen LogP contribution in [0.3, 0.4) is 0 Å². The minimum absolute atomic E-state index is 0.522. The molecule has 0 spiro atoms. The van der Waals surface area contributed by atoms with Crippen molar-refractivity contribution in [1.82, 2.24) is 9.97 Å². The zero-order valence-corrected chi connectivity index (χ0v) is 13.9. The van der Waals surface area contributed by atoms with Crippen molar-refractivity contribution in [1.29, 1.82) is 0 Å². The Bertz CT molecular complexity index is 806. The summed E-state index contributed by atoms with van der Waals surface area (Å²) in [7, 11) is 0. The van der Waals surface area contributed by atoms with Crippen LogP contribution in [0.1, 0.15) is 0 Å². The van der Waals surface area contributed by atoms with Crippen molar-refractivity contribution in [2.75, 3.05) is 10.7 Å². The topological polar surface area (TPSA) is 75.9 Å². The van der Waals surface area contributed by atoms with Gasteiger partial charge in [0.1, 0.15) is 16.6 Å². The van der Waals surface area contributed by atoms with Crippen molar-refractivity contribution in [3.05, 3.63) is 51.7 Å². The fraction of sp³-hybridized carbons (Fsp3) is 0. The number of hydrazine groups is 1. The fourth-order valence-corrected chi connectivity index (χ4v) is 2.95. The smallest absolute Gasteiger partial charge is 0.159 e. The van der Waals surface area contributed by atoms with Gasteiger partial charge in [0.25, 0.3) is 0 Å². The lowest BCUT2D eigenvalue weighted by Crippen LogP contribution is -2.10. The third-order valence-electron chi connectivity index (χ3n) is 3.05. The molecule has 106 valence electrons. The summed E-state index contributed by atoms with van der Waals surface area (Å²) in [5, 5.41) is 5.53. The zero-order valence-electron chi connectivity index (χ0n) is 10.8. The molecule has 0 aliphatic heterocycles. The largest absolute Gasteiger partial charge is 0.339 e. The number of nitrogen functional groups attached to an aromatic ring is 1. The highest BCUT2D eigenvalue weighted by Crippen LogP contribution is 2.34. The molecule has 7 heteroatoms. The molecule has 3 rings (SSSR count). The van der Waals surface area contributed by atoms with Crippen molar-refractivity contribution in [3.63, 3.8) is 0 Å². The Morgan fingerprint density at radius 2 is 1.62 bits per heavy atom. The van der Waals surface area contributed by atoms with Gasteiger partial charge in [0, 0.05) is 15.5 Å². The first kappa shape index (κ1) is 14.2. The predicted molar refractivity (Wildman–Crippen MR) is 92.5 cm³/mol. The first-order chi connectivity index (χ1) is 10.2. The molecule has 4 N–H and O–H groups in total. The summed E-state index contributed by atoms with van der Waals surface area (Å²) in [5.74, 6) is 6.59. The van der Waals surface area contributed by atoms with Gasteiger partial charge in [-0.1, -0.05) is 40.2 Å². The molecular formula is C14H11Br2N5. The SMILES string of the molecule is NNc1ncnc(Nc2ccc(Br)c3ccccc23)c1Br. The molecular weight excluding hydrogens is 398 g/mol. The summed E-state index contributed by atoms with van der Waals surface area (Å²) in [6, 6.07) is 12.1. The van der Waals surface area contributed by atoms with Crippen molar-refractivity contribution in [2.24, 2.45) is 5.84 Å². The molecule has 0 unspecified atom stereocenters. The van der Waals surface area contributed by atoms with Crippen molar-refractivity contribution in [2.45, 2.75) is 0 Å². The van der Waals surface area contributed by atoms with Crippen LogP contribution in [0.25, 0.3) is 10.8 Å². The molecule has 0 saturated heterocycles. The molecule has 0 amide bonds. The van der Waals surface area contributed by atoms with Gasteiger partial charge in [0.15, 0.2) is 5.82 Å². The molecule has 3 aromatic rings. The van der Waals surface area contributed by atoms with E-state index in [0.717, 1.165) is 20.9 Å². The van der Waals surface area contributed by atoms with Crippen LogP contribution in [0.2, 0.25) is 0 Å². The van der Waals surface area contributed by atoms with Gasteiger partial charge in [-0.25, -0.2) is 15.8 Å². The Balaban J connectivity index is 2.09. The van der Waals surface area contributed by atoms with Gasteiger partial charge in [-0.05, 0) is 33.4 Å². The monoisotopic (exact) mass is 407 g/mol. The van der Waals surface area contributed by atoms with E-state index in [1.54, 1.807) is 0 Å². The summed E-state index contributed by atoms with van der Waals surface area (Å²) < 4.78 is 1.73. The molecule has 1 heterocycles. The van der Waals surface area contributed by atoms with E-state index in [1.165, 1.54) is 6.33 Å². The molecule has 0 bridgehead atoms. The van der Waals surface area contributed by atoms with Gasteiger partial charge in [0.2, 0.25) is 0 Å². The lowest BCUT2D eigenvalue weighted by Gasteiger charge is -2.12. The van der Waals surface area contributed by atoms with E-state index < -0.39 is 0 Å². The molecule has 5 nitrogen and oxygen atoms in total. The normalized spacial score (nSPS) is 10.6. The molecule has 0 radical (unpaired) electrons. The fourth-order valence-electron chi connectivity index (χ4n) is 2.06. The van der Waals surface area contributed by atoms with Crippen LogP contribution in [0, 0.1) is 0 Å². The number of nitrogens with two attached hydrogens (primary N) is 1. The summed E-state index contributed by atoms with van der Waals surface area (Å²) in [6.45, 7) is 0. The van der Waals surface area contributed by atoms with Crippen LogP contribution >= 0.6 is 31.9 Å². The first-order valence-electron chi connectivity index (χ1n) is 6.12. The molecule has 0 aliphatic carbocycles. The standard InChI is InChI=1S/C14H11Br2N5/c15-10-5-6-11(9-4-2-1-3-8(9)10)20-13-12(16)14(21-17)19-7-18-13/h1-7H,17H2,(H2,18,19,20,21). The molecule has 0 fully saturated rings.